The van der Waals surface area contributed by atoms with Crippen LogP contribution in [-0.4, -0.2) is 24.3 Å². The number of rotatable bonds is 5. The SMILES string of the molecule is CCc1ccc(S(=O)(=O)Nc2nc(C(C)=NO)cs2)s1. The van der Waals surface area contributed by atoms with Crippen molar-refractivity contribution in [3.8, 4) is 0 Å². The second-order valence-corrected chi connectivity index (χ2v) is 7.84. The van der Waals surface area contributed by atoms with E-state index in [9.17, 15) is 8.42 Å². The zero-order valence-corrected chi connectivity index (χ0v) is 13.3. The predicted octanol–water partition coefficient (Wildman–Crippen LogP) is 2.77. The predicted molar refractivity (Wildman–Crippen MR) is 80.6 cm³/mol. The Morgan fingerprint density at radius 1 is 1.50 bits per heavy atom. The minimum atomic E-state index is -3.61. The lowest BCUT2D eigenvalue weighted by Gasteiger charge is -2.01. The van der Waals surface area contributed by atoms with Gasteiger partial charge < -0.3 is 5.21 Å². The molecular weight excluding hydrogens is 318 g/mol. The molecule has 0 spiro atoms. The Bertz CT molecular complexity index is 731. The number of nitrogens with zero attached hydrogens (tertiary/aromatic N) is 2. The Kier molecular flexibility index (Phi) is 4.41. The molecule has 0 aliphatic rings. The molecule has 0 atom stereocenters. The van der Waals surface area contributed by atoms with Gasteiger partial charge in [0, 0.05) is 10.3 Å². The zero-order chi connectivity index (χ0) is 14.8. The van der Waals surface area contributed by atoms with E-state index in [4.69, 9.17) is 5.21 Å². The average Bonchev–Trinajstić information content (AvgIpc) is 3.06. The minimum absolute atomic E-state index is 0.245. The van der Waals surface area contributed by atoms with Gasteiger partial charge in [-0.1, -0.05) is 12.1 Å². The maximum atomic E-state index is 12.2. The Hall–Kier alpha value is -1.45. The van der Waals surface area contributed by atoms with Crippen molar-refractivity contribution >= 4 is 43.5 Å². The van der Waals surface area contributed by atoms with Crippen LogP contribution < -0.4 is 4.72 Å². The lowest BCUT2D eigenvalue weighted by Crippen LogP contribution is -2.11. The highest BCUT2D eigenvalue weighted by atomic mass is 32.2. The van der Waals surface area contributed by atoms with Crippen LogP contribution in [0.25, 0.3) is 0 Å². The summed E-state index contributed by atoms with van der Waals surface area (Å²) in [6.07, 6.45) is 0.799. The number of thiazole rings is 1. The number of oxime groups is 1. The third-order valence-electron chi connectivity index (χ3n) is 2.50. The summed E-state index contributed by atoms with van der Waals surface area (Å²) in [4.78, 5) is 5.07. The van der Waals surface area contributed by atoms with Crippen molar-refractivity contribution in [2.24, 2.45) is 5.16 Å². The van der Waals surface area contributed by atoms with Crippen LogP contribution in [0.3, 0.4) is 0 Å². The van der Waals surface area contributed by atoms with E-state index in [0.717, 1.165) is 22.6 Å². The first-order valence-electron chi connectivity index (χ1n) is 5.72. The molecule has 0 aliphatic carbocycles. The van der Waals surface area contributed by atoms with Crippen molar-refractivity contribution in [2.45, 2.75) is 24.5 Å². The number of anilines is 1. The van der Waals surface area contributed by atoms with Crippen LogP contribution in [-0.2, 0) is 16.4 Å². The fourth-order valence-corrected chi connectivity index (χ4v) is 4.70. The second-order valence-electron chi connectivity index (χ2n) is 3.90. The Morgan fingerprint density at radius 2 is 2.25 bits per heavy atom. The summed E-state index contributed by atoms with van der Waals surface area (Å²) >= 11 is 2.38. The number of sulfonamides is 1. The van der Waals surface area contributed by atoms with Gasteiger partial charge in [0.2, 0.25) is 0 Å². The molecule has 2 aromatic heterocycles. The van der Waals surface area contributed by atoms with Gasteiger partial charge >= 0.3 is 0 Å². The van der Waals surface area contributed by atoms with Gasteiger partial charge in [-0.25, -0.2) is 13.4 Å². The van der Waals surface area contributed by atoms with Crippen LogP contribution in [0.1, 0.15) is 24.4 Å². The van der Waals surface area contributed by atoms with Crippen LogP contribution >= 0.6 is 22.7 Å². The van der Waals surface area contributed by atoms with E-state index in [-0.39, 0.29) is 9.34 Å². The van der Waals surface area contributed by atoms with Gasteiger partial charge in [0.15, 0.2) is 5.13 Å². The molecule has 2 heterocycles. The quantitative estimate of drug-likeness (QED) is 0.500. The lowest BCUT2D eigenvalue weighted by molar-refractivity contribution is 0.319. The van der Waals surface area contributed by atoms with E-state index >= 15 is 0 Å². The molecule has 2 rings (SSSR count). The van der Waals surface area contributed by atoms with Gasteiger partial charge in [-0.2, -0.15) is 0 Å². The summed E-state index contributed by atoms with van der Waals surface area (Å²) in [6, 6.07) is 3.38. The van der Waals surface area contributed by atoms with Crippen LogP contribution in [0.15, 0.2) is 26.9 Å². The molecule has 108 valence electrons. The normalized spacial score (nSPS) is 12.6. The summed E-state index contributed by atoms with van der Waals surface area (Å²) in [5.41, 5.74) is 0.770. The molecular formula is C11H13N3O3S3. The fourth-order valence-electron chi connectivity index (χ4n) is 1.40. The van der Waals surface area contributed by atoms with Gasteiger partial charge in [0.05, 0.1) is 0 Å². The van der Waals surface area contributed by atoms with E-state index in [1.807, 2.05) is 6.92 Å². The first-order valence-corrected chi connectivity index (χ1v) is 8.90. The molecule has 6 nitrogen and oxygen atoms in total. The third kappa shape index (κ3) is 3.17. The number of hydrogen-bond donors (Lipinski definition) is 2. The number of aryl methyl sites for hydroxylation is 1. The molecule has 0 saturated carbocycles. The van der Waals surface area contributed by atoms with Gasteiger partial charge in [-0.3, -0.25) is 4.72 Å². The molecule has 20 heavy (non-hydrogen) atoms. The summed E-state index contributed by atoms with van der Waals surface area (Å²) in [7, 11) is -3.61. The van der Waals surface area contributed by atoms with Crippen molar-refractivity contribution in [3.63, 3.8) is 0 Å². The minimum Gasteiger partial charge on any atom is -0.411 e. The van der Waals surface area contributed by atoms with Gasteiger partial charge in [0.1, 0.15) is 15.6 Å². The summed E-state index contributed by atoms with van der Waals surface area (Å²) in [5, 5.41) is 13.5. The largest absolute Gasteiger partial charge is 0.411 e. The number of hydrogen-bond acceptors (Lipinski definition) is 7. The van der Waals surface area contributed by atoms with E-state index < -0.39 is 10.0 Å². The number of aromatic nitrogens is 1. The Morgan fingerprint density at radius 3 is 2.85 bits per heavy atom. The topological polar surface area (TPSA) is 91.7 Å². The van der Waals surface area contributed by atoms with Crippen LogP contribution in [0.2, 0.25) is 0 Å². The lowest BCUT2D eigenvalue weighted by atomic mass is 10.3. The highest BCUT2D eigenvalue weighted by Crippen LogP contribution is 2.25. The number of nitrogens with one attached hydrogen (secondary N) is 1. The Labute approximate surface area is 124 Å². The van der Waals surface area contributed by atoms with Crippen molar-refractivity contribution in [2.75, 3.05) is 4.72 Å². The van der Waals surface area contributed by atoms with Crippen molar-refractivity contribution in [3.05, 3.63) is 28.1 Å². The zero-order valence-electron chi connectivity index (χ0n) is 10.8. The molecule has 0 aliphatic heterocycles. The van der Waals surface area contributed by atoms with Crippen LogP contribution in [0.4, 0.5) is 5.13 Å². The highest BCUT2D eigenvalue weighted by Gasteiger charge is 2.18. The molecule has 9 heteroatoms. The molecule has 2 aromatic rings. The van der Waals surface area contributed by atoms with Gasteiger partial charge in [0.25, 0.3) is 10.0 Å². The van der Waals surface area contributed by atoms with Crippen LogP contribution in [0.5, 0.6) is 0 Å². The van der Waals surface area contributed by atoms with E-state index in [1.54, 1.807) is 24.4 Å². The smallest absolute Gasteiger partial charge is 0.273 e. The van der Waals surface area contributed by atoms with Crippen molar-refractivity contribution in [1.29, 1.82) is 0 Å². The highest BCUT2D eigenvalue weighted by molar-refractivity contribution is 7.94. The average molecular weight is 331 g/mol. The molecule has 0 fully saturated rings. The Balaban J connectivity index is 2.22. The standard InChI is InChI=1S/C11H13N3O3S3/c1-3-8-4-5-10(19-8)20(16,17)14-11-12-9(6-18-11)7(2)13-15/h4-6,15H,3H2,1-2H3,(H,12,14). The van der Waals surface area contributed by atoms with E-state index in [1.165, 1.54) is 11.3 Å². The maximum absolute atomic E-state index is 12.2. The second kappa shape index (κ2) is 5.90. The number of thiophene rings is 1. The first kappa shape index (κ1) is 14.9. The first-order chi connectivity index (χ1) is 9.46. The molecule has 0 unspecified atom stereocenters. The molecule has 0 bridgehead atoms. The molecule has 0 radical (unpaired) electrons. The van der Waals surface area contributed by atoms with Gasteiger partial charge in [-0.05, 0) is 25.5 Å². The summed E-state index contributed by atoms with van der Waals surface area (Å²) < 4.78 is 27.0. The summed E-state index contributed by atoms with van der Waals surface area (Å²) in [6.45, 7) is 3.56. The summed E-state index contributed by atoms with van der Waals surface area (Å²) in [5.74, 6) is 0. The van der Waals surface area contributed by atoms with Crippen LogP contribution in [0, 0.1) is 0 Å². The van der Waals surface area contributed by atoms with Crippen molar-refractivity contribution < 1.29 is 13.6 Å². The third-order valence-corrected chi connectivity index (χ3v) is 6.44. The molecule has 0 amide bonds. The molecule has 2 N–H and O–H groups in total. The van der Waals surface area contributed by atoms with Crippen molar-refractivity contribution in [1.82, 2.24) is 4.98 Å². The molecule has 0 saturated heterocycles. The fraction of sp³-hybridized carbons (Fsp3) is 0.273. The van der Waals surface area contributed by atoms with Gasteiger partial charge in [-0.15, -0.1) is 22.7 Å². The van der Waals surface area contributed by atoms with E-state index in [0.29, 0.717) is 11.4 Å². The van der Waals surface area contributed by atoms with E-state index in [2.05, 4.69) is 14.9 Å². The maximum Gasteiger partial charge on any atom is 0.273 e. The monoisotopic (exact) mass is 331 g/mol. The molecule has 0 aromatic carbocycles.